The first-order valence-corrected chi connectivity index (χ1v) is 9.30. The molecule has 1 amide bonds. The molecule has 0 unspecified atom stereocenters. The van der Waals surface area contributed by atoms with Crippen molar-refractivity contribution in [2.75, 3.05) is 5.73 Å². The third-order valence-corrected chi connectivity index (χ3v) is 5.12. The Balaban J connectivity index is 1.57. The van der Waals surface area contributed by atoms with Gasteiger partial charge >= 0.3 is 5.97 Å². The first kappa shape index (κ1) is 18.6. The highest BCUT2D eigenvalue weighted by Crippen LogP contribution is 2.28. The zero-order valence-corrected chi connectivity index (χ0v) is 15.6. The number of hydrogen-bond acceptors (Lipinski definition) is 6. The third kappa shape index (κ3) is 3.78. The lowest BCUT2D eigenvalue weighted by atomic mass is 10.1. The average Bonchev–Trinajstić information content (AvgIpc) is 3.32. The standard InChI is InChI=1S/C19H14FN5O3S/c20-13-3-1-10(2-4-13)8-22-17(26)15-6-12(9-29-15)11-5-14(18(27)28)25-16(7-11)23-19(21)24-25/h1-7,9H,8H2,(H2,21,24)(H,22,26)(H,27,28). The molecule has 29 heavy (non-hydrogen) atoms. The van der Waals surface area contributed by atoms with E-state index in [1.54, 1.807) is 29.6 Å². The Morgan fingerprint density at radius 2 is 1.93 bits per heavy atom. The van der Waals surface area contributed by atoms with E-state index in [2.05, 4.69) is 15.4 Å². The monoisotopic (exact) mass is 411 g/mol. The highest BCUT2D eigenvalue weighted by molar-refractivity contribution is 7.12. The van der Waals surface area contributed by atoms with Crippen molar-refractivity contribution in [1.82, 2.24) is 19.9 Å². The fourth-order valence-corrected chi connectivity index (χ4v) is 3.63. The van der Waals surface area contributed by atoms with Crippen molar-refractivity contribution in [2.45, 2.75) is 6.54 Å². The van der Waals surface area contributed by atoms with Crippen molar-refractivity contribution in [1.29, 1.82) is 0 Å². The minimum Gasteiger partial charge on any atom is -0.477 e. The molecule has 0 bridgehead atoms. The number of amides is 1. The molecule has 0 fully saturated rings. The number of pyridine rings is 1. The summed E-state index contributed by atoms with van der Waals surface area (Å²) in [4.78, 5) is 28.4. The van der Waals surface area contributed by atoms with Crippen molar-refractivity contribution in [3.05, 3.63) is 69.8 Å². The molecule has 4 aromatic rings. The predicted octanol–water partition coefficient (Wildman–Crippen LogP) is 2.81. The molecule has 10 heteroatoms. The Bertz CT molecular complexity index is 1230. The van der Waals surface area contributed by atoms with Gasteiger partial charge < -0.3 is 16.2 Å². The molecule has 0 atom stereocenters. The molecule has 0 aliphatic carbocycles. The average molecular weight is 411 g/mol. The number of hydrogen-bond donors (Lipinski definition) is 3. The molecular weight excluding hydrogens is 397 g/mol. The summed E-state index contributed by atoms with van der Waals surface area (Å²) in [6.45, 7) is 0.264. The van der Waals surface area contributed by atoms with Crippen LogP contribution in [0.3, 0.4) is 0 Å². The molecule has 3 heterocycles. The number of carbonyl (C=O) groups excluding carboxylic acids is 1. The maximum atomic E-state index is 13.0. The van der Waals surface area contributed by atoms with E-state index in [1.807, 2.05) is 0 Å². The minimum absolute atomic E-state index is 0.0316. The maximum absolute atomic E-state index is 13.0. The molecule has 3 aromatic heterocycles. The number of aromatic carboxylic acids is 1. The van der Waals surface area contributed by atoms with Crippen LogP contribution in [0.2, 0.25) is 0 Å². The summed E-state index contributed by atoms with van der Waals surface area (Å²) < 4.78 is 14.1. The number of halogens is 1. The SMILES string of the molecule is Nc1nc2cc(-c3csc(C(=O)NCc4ccc(F)cc4)c3)cc(C(=O)O)n2n1. The van der Waals surface area contributed by atoms with E-state index in [9.17, 15) is 19.1 Å². The molecule has 0 saturated carbocycles. The Morgan fingerprint density at radius 3 is 2.66 bits per heavy atom. The number of nitrogens with zero attached hydrogens (tertiary/aromatic N) is 3. The molecule has 0 aliphatic heterocycles. The van der Waals surface area contributed by atoms with Crippen LogP contribution in [0, 0.1) is 5.82 Å². The Morgan fingerprint density at radius 1 is 1.17 bits per heavy atom. The number of aromatic nitrogens is 3. The lowest BCUT2D eigenvalue weighted by Crippen LogP contribution is -2.21. The van der Waals surface area contributed by atoms with Crippen LogP contribution in [-0.2, 0) is 6.54 Å². The number of carbonyl (C=O) groups is 2. The molecule has 1 aromatic carbocycles. The summed E-state index contributed by atoms with van der Waals surface area (Å²) in [5.41, 5.74) is 7.81. The van der Waals surface area contributed by atoms with Crippen molar-refractivity contribution in [2.24, 2.45) is 0 Å². The van der Waals surface area contributed by atoms with Crippen LogP contribution in [0.4, 0.5) is 10.3 Å². The van der Waals surface area contributed by atoms with Crippen molar-refractivity contribution in [3.8, 4) is 11.1 Å². The fraction of sp³-hybridized carbons (Fsp3) is 0.0526. The van der Waals surface area contributed by atoms with Gasteiger partial charge in [-0.05, 0) is 52.4 Å². The second kappa shape index (κ2) is 7.32. The smallest absolute Gasteiger partial charge is 0.354 e. The fourth-order valence-electron chi connectivity index (χ4n) is 2.80. The second-order valence-corrected chi connectivity index (χ2v) is 7.09. The predicted molar refractivity (Wildman–Crippen MR) is 105 cm³/mol. The molecule has 4 rings (SSSR count). The van der Waals surface area contributed by atoms with Gasteiger partial charge in [0, 0.05) is 6.54 Å². The van der Waals surface area contributed by atoms with E-state index in [0.717, 1.165) is 10.1 Å². The van der Waals surface area contributed by atoms with Gasteiger partial charge in [-0.1, -0.05) is 12.1 Å². The topological polar surface area (TPSA) is 123 Å². The van der Waals surface area contributed by atoms with E-state index < -0.39 is 5.97 Å². The van der Waals surface area contributed by atoms with Crippen molar-refractivity contribution < 1.29 is 19.1 Å². The molecular formula is C19H14FN5O3S. The zero-order valence-electron chi connectivity index (χ0n) is 14.8. The van der Waals surface area contributed by atoms with Crippen LogP contribution in [0.25, 0.3) is 16.8 Å². The van der Waals surface area contributed by atoms with Crippen molar-refractivity contribution in [3.63, 3.8) is 0 Å². The molecule has 146 valence electrons. The number of nitrogens with two attached hydrogens (primary N) is 1. The highest BCUT2D eigenvalue weighted by atomic mass is 32.1. The van der Waals surface area contributed by atoms with Gasteiger partial charge in [-0.2, -0.15) is 4.98 Å². The lowest BCUT2D eigenvalue weighted by molar-refractivity contribution is 0.0687. The Hall–Kier alpha value is -3.79. The molecule has 0 radical (unpaired) electrons. The number of thiophene rings is 1. The number of anilines is 1. The summed E-state index contributed by atoms with van der Waals surface area (Å²) in [5.74, 6) is -1.82. The maximum Gasteiger partial charge on any atom is 0.354 e. The number of carboxylic acid groups (broad SMARTS) is 1. The van der Waals surface area contributed by atoms with Crippen LogP contribution >= 0.6 is 11.3 Å². The number of nitrogens with one attached hydrogen (secondary N) is 1. The third-order valence-electron chi connectivity index (χ3n) is 4.20. The number of rotatable bonds is 5. The summed E-state index contributed by atoms with van der Waals surface area (Å²) in [6, 6.07) is 10.6. The summed E-state index contributed by atoms with van der Waals surface area (Å²) in [5, 5.41) is 17.8. The van der Waals surface area contributed by atoms with Gasteiger partial charge in [0.2, 0.25) is 5.95 Å². The molecule has 0 saturated heterocycles. The van der Waals surface area contributed by atoms with Crippen LogP contribution in [0.5, 0.6) is 0 Å². The van der Waals surface area contributed by atoms with E-state index in [0.29, 0.717) is 21.7 Å². The van der Waals surface area contributed by atoms with Gasteiger partial charge in [-0.15, -0.1) is 16.4 Å². The van der Waals surface area contributed by atoms with E-state index in [-0.39, 0.29) is 29.9 Å². The van der Waals surface area contributed by atoms with E-state index in [4.69, 9.17) is 5.73 Å². The molecule has 8 nitrogen and oxygen atoms in total. The molecule has 0 spiro atoms. The summed E-state index contributed by atoms with van der Waals surface area (Å²) in [6.07, 6.45) is 0. The summed E-state index contributed by atoms with van der Waals surface area (Å²) in [7, 11) is 0. The number of carboxylic acids is 1. The van der Waals surface area contributed by atoms with Crippen LogP contribution in [0.15, 0.2) is 47.8 Å². The van der Waals surface area contributed by atoms with Gasteiger partial charge in [-0.3, -0.25) is 4.79 Å². The number of fused-ring (bicyclic) bond motifs is 1. The van der Waals surface area contributed by atoms with Crippen molar-refractivity contribution >= 4 is 34.8 Å². The Kier molecular flexibility index (Phi) is 4.69. The largest absolute Gasteiger partial charge is 0.477 e. The first-order valence-electron chi connectivity index (χ1n) is 8.42. The van der Waals surface area contributed by atoms with Gasteiger partial charge in [-0.25, -0.2) is 13.7 Å². The quantitative estimate of drug-likeness (QED) is 0.464. The van der Waals surface area contributed by atoms with Crippen LogP contribution in [-0.4, -0.2) is 31.6 Å². The van der Waals surface area contributed by atoms with Gasteiger partial charge in [0.1, 0.15) is 5.82 Å². The van der Waals surface area contributed by atoms with Gasteiger partial charge in [0.25, 0.3) is 5.91 Å². The zero-order chi connectivity index (χ0) is 20.5. The lowest BCUT2D eigenvalue weighted by Gasteiger charge is -2.04. The first-order chi connectivity index (χ1) is 13.9. The van der Waals surface area contributed by atoms with E-state index >= 15 is 0 Å². The minimum atomic E-state index is -1.17. The highest BCUT2D eigenvalue weighted by Gasteiger charge is 2.16. The molecule has 0 aliphatic rings. The Labute approximate surface area is 167 Å². The normalized spacial score (nSPS) is 10.9. The number of benzene rings is 1. The van der Waals surface area contributed by atoms with Gasteiger partial charge in [0.15, 0.2) is 11.3 Å². The van der Waals surface area contributed by atoms with Crippen LogP contribution in [0.1, 0.15) is 25.7 Å². The molecule has 4 N–H and O–H groups in total. The van der Waals surface area contributed by atoms with Gasteiger partial charge in [0.05, 0.1) is 4.88 Å². The second-order valence-electron chi connectivity index (χ2n) is 6.18. The van der Waals surface area contributed by atoms with Crippen LogP contribution < -0.4 is 11.1 Å². The number of nitrogen functional groups attached to an aromatic ring is 1. The summed E-state index contributed by atoms with van der Waals surface area (Å²) >= 11 is 1.23. The van der Waals surface area contributed by atoms with E-state index in [1.165, 1.54) is 29.5 Å².